The lowest BCUT2D eigenvalue weighted by molar-refractivity contribution is 0.190. The molecule has 0 spiro atoms. The molecule has 0 amide bonds. The first-order chi connectivity index (χ1) is 9.01. The molecule has 1 aliphatic heterocycles. The van der Waals surface area contributed by atoms with E-state index >= 15 is 0 Å². The van der Waals surface area contributed by atoms with Gasteiger partial charge in [0.15, 0.2) is 0 Å². The Morgan fingerprint density at radius 2 is 2.00 bits per heavy atom. The first-order valence-electron chi connectivity index (χ1n) is 6.51. The first-order valence-corrected chi connectivity index (χ1v) is 7.27. The van der Waals surface area contributed by atoms with E-state index in [2.05, 4.69) is 34.5 Å². The normalized spacial score (nSPS) is 24.3. The summed E-state index contributed by atoms with van der Waals surface area (Å²) < 4.78 is 0. The van der Waals surface area contributed by atoms with E-state index in [1.54, 1.807) is 13.1 Å². The number of hydrogen-bond acceptors (Lipinski definition) is 4. The van der Waals surface area contributed by atoms with Crippen LogP contribution in [0.25, 0.3) is 0 Å². The highest BCUT2D eigenvalue weighted by Gasteiger charge is 2.23. The fraction of sp³-hybridized carbons (Fsp3) is 0.615. The number of aromatic nitrogens is 1. The van der Waals surface area contributed by atoms with Crippen LogP contribution in [0.3, 0.4) is 0 Å². The number of anilines is 2. The third-order valence-electron chi connectivity index (χ3n) is 3.72. The smallest absolute Gasteiger partial charge is 0.147 e. The van der Waals surface area contributed by atoms with E-state index in [0.29, 0.717) is 33.8 Å². The number of pyridine rings is 1. The van der Waals surface area contributed by atoms with Gasteiger partial charge in [-0.25, -0.2) is 4.98 Å². The van der Waals surface area contributed by atoms with Gasteiger partial charge in [-0.2, -0.15) is 0 Å². The summed E-state index contributed by atoms with van der Waals surface area (Å²) in [4.78, 5) is 6.80. The molecule has 2 unspecified atom stereocenters. The standard InChI is InChI=1S/C13H20Cl2N4/c1-8-6-9(4-5-19(8)3)17-13-11(15)7-10(14)12(16-2)18-13/h7-9H,4-6H2,1-3H3,(H2,16,17,18). The highest BCUT2D eigenvalue weighted by molar-refractivity contribution is 6.37. The largest absolute Gasteiger partial charge is 0.372 e. The number of nitrogens with zero attached hydrogens (tertiary/aromatic N) is 2. The van der Waals surface area contributed by atoms with E-state index in [-0.39, 0.29) is 0 Å². The molecule has 2 N–H and O–H groups in total. The Hall–Kier alpha value is -0.710. The quantitative estimate of drug-likeness (QED) is 0.898. The Morgan fingerprint density at radius 3 is 2.63 bits per heavy atom. The van der Waals surface area contributed by atoms with Crippen LogP contribution in [0.4, 0.5) is 11.6 Å². The topological polar surface area (TPSA) is 40.2 Å². The molecule has 2 heterocycles. The molecule has 1 aliphatic rings. The fourth-order valence-electron chi connectivity index (χ4n) is 2.36. The predicted octanol–water partition coefficient (Wildman–Crippen LogP) is 3.32. The van der Waals surface area contributed by atoms with Gasteiger partial charge in [0.05, 0.1) is 10.0 Å². The Kier molecular flexibility index (Phi) is 4.76. The van der Waals surface area contributed by atoms with Crippen molar-refractivity contribution in [2.75, 3.05) is 31.3 Å². The maximum absolute atomic E-state index is 6.20. The van der Waals surface area contributed by atoms with Crippen molar-refractivity contribution in [3.8, 4) is 0 Å². The molecule has 4 nitrogen and oxygen atoms in total. The van der Waals surface area contributed by atoms with Crippen LogP contribution in [0, 0.1) is 0 Å². The fourth-order valence-corrected chi connectivity index (χ4v) is 2.86. The van der Waals surface area contributed by atoms with Crippen LogP contribution in [0.5, 0.6) is 0 Å². The Bertz CT molecular complexity index is 453. The molecule has 1 aromatic rings. The lowest BCUT2D eigenvalue weighted by atomic mass is 9.99. The molecule has 106 valence electrons. The summed E-state index contributed by atoms with van der Waals surface area (Å²) >= 11 is 12.2. The molecule has 6 heteroatoms. The van der Waals surface area contributed by atoms with Crippen molar-refractivity contribution >= 4 is 34.8 Å². The lowest BCUT2D eigenvalue weighted by Crippen LogP contribution is -2.42. The van der Waals surface area contributed by atoms with Crippen molar-refractivity contribution < 1.29 is 0 Å². The third kappa shape index (κ3) is 3.44. The molecule has 2 rings (SSSR count). The highest BCUT2D eigenvalue weighted by Crippen LogP contribution is 2.30. The minimum Gasteiger partial charge on any atom is -0.372 e. The molecular formula is C13H20Cl2N4. The lowest BCUT2D eigenvalue weighted by Gasteiger charge is -2.35. The van der Waals surface area contributed by atoms with Gasteiger partial charge in [0.25, 0.3) is 0 Å². The van der Waals surface area contributed by atoms with E-state index in [9.17, 15) is 0 Å². The molecule has 0 saturated carbocycles. The SMILES string of the molecule is CNc1nc(NC2CCN(C)C(C)C2)c(Cl)cc1Cl. The van der Waals surface area contributed by atoms with E-state index in [1.807, 2.05) is 0 Å². The molecule has 0 radical (unpaired) electrons. The summed E-state index contributed by atoms with van der Waals surface area (Å²) in [5, 5.41) is 7.50. The number of rotatable bonds is 3. The van der Waals surface area contributed by atoms with Crippen molar-refractivity contribution in [1.82, 2.24) is 9.88 Å². The summed E-state index contributed by atoms with van der Waals surface area (Å²) in [6, 6.07) is 2.70. The molecule has 0 bridgehead atoms. The Labute approximate surface area is 124 Å². The van der Waals surface area contributed by atoms with Crippen molar-refractivity contribution in [3.63, 3.8) is 0 Å². The summed E-state index contributed by atoms with van der Waals surface area (Å²) in [7, 11) is 3.96. The van der Waals surface area contributed by atoms with Gasteiger partial charge in [-0.3, -0.25) is 0 Å². The number of nitrogens with one attached hydrogen (secondary N) is 2. The van der Waals surface area contributed by atoms with Crippen molar-refractivity contribution in [2.24, 2.45) is 0 Å². The predicted molar refractivity (Wildman–Crippen MR) is 82.5 cm³/mol. The first kappa shape index (κ1) is 14.7. The van der Waals surface area contributed by atoms with Crippen LogP contribution in [-0.4, -0.2) is 42.6 Å². The van der Waals surface area contributed by atoms with Gasteiger partial charge in [0.2, 0.25) is 0 Å². The van der Waals surface area contributed by atoms with Gasteiger partial charge in [-0.15, -0.1) is 0 Å². The van der Waals surface area contributed by atoms with Gasteiger partial charge >= 0.3 is 0 Å². The van der Waals surface area contributed by atoms with Gasteiger partial charge in [0.1, 0.15) is 11.6 Å². The zero-order valence-electron chi connectivity index (χ0n) is 11.5. The van der Waals surface area contributed by atoms with Crippen molar-refractivity contribution in [2.45, 2.75) is 31.8 Å². The molecule has 1 fully saturated rings. The van der Waals surface area contributed by atoms with Gasteiger partial charge < -0.3 is 15.5 Å². The van der Waals surface area contributed by atoms with Gasteiger partial charge in [-0.1, -0.05) is 23.2 Å². The van der Waals surface area contributed by atoms with E-state index in [1.165, 1.54) is 0 Å². The summed E-state index contributed by atoms with van der Waals surface area (Å²) in [5.74, 6) is 1.35. The van der Waals surface area contributed by atoms with E-state index in [0.717, 1.165) is 19.4 Å². The number of piperidine rings is 1. The van der Waals surface area contributed by atoms with Crippen LogP contribution in [0.15, 0.2) is 6.07 Å². The van der Waals surface area contributed by atoms with Crippen molar-refractivity contribution in [3.05, 3.63) is 16.1 Å². The Morgan fingerprint density at radius 1 is 1.32 bits per heavy atom. The monoisotopic (exact) mass is 302 g/mol. The van der Waals surface area contributed by atoms with Crippen LogP contribution < -0.4 is 10.6 Å². The molecule has 0 aromatic carbocycles. The zero-order chi connectivity index (χ0) is 14.0. The van der Waals surface area contributed by atoms with Crippen LogP contribution in [0.2, 0.25) is 10.0 Å². The zero-order valence-corrected chi connectivity index (χ0v) is 13.0. The molecular weight excluding hydrogens is 283 g/mol. The van der Waals surface area contributed by atoms with Crippen molar-refractivity contribution in [1.29, 1.82) is 0 Å². The molecule has 1 aromatic heterocycles. The van der Waals surface area contributed by atoms with Gasteiger partial charge in [0, 0.05) is 25.7 Å². The Balaban J connectivity index is 2.11. The van der Waals surface area contributed by atoms with E-state index in [4.69, 9.17) is 23.2 Å². The maximum Gasteiger partial charge on any atom is 0.147 e. The minimum absolute atomic E-state index is 0.405. The summed E-state index contributed by atoms with van der Waals surface area (Å²) in [5.41, 5.74) is 0. The third-order valence-corrected chi connectivity index (χ3v) is 4.29. The highest BCUT2D eigenvalue weighted by atomic mass is 35.5. The number of likely N-dealkylation sites (tertiary alicyclic amines) is 1. The van der Waals surface area contributed by atoms with Crippen LogP contribution >= 0.6 is 23.2 Å². The second-order valence-corrected chi connectivity index (χ2v) is 5.91. The second kappa shape index (κ2) is 6.16. The molecule has 0 aliphatic carbocycles. The number of halogens is 2. The molecule has 1 saturated heterocycles. The molecule has 2 atom stereocenters. The van der Waals surface area contributed by atoms with Crippen LogP contribution in [0.1, 0.15) is 19.8 Å². The minimum atomic E-state index is 0.405. The summed E-state index contributed by atoms with van der Waals surface area (Å²) in [6.45, 7) is 3.33. The van der Waals surface area contributed by atoms with Gasteiger partial charge in [-0.05, 0) is 32.9 Å². The second-order valence-electron chi connectivity index (χ2n) is 5.09. The maximum atomic E-state index is 6.20. The van der Waals surface area contributed by atoms with Crippen LogP contribution in [-0.2, 0) is 0 Å². The number of hydrogen-bond donors (Lipinski definition) is 2. The van der Waals surface area contributed by atoms with E-state index < -0.39 is 0 Å². The molecule has 19 heavy (non-hydrogen) atoms. The average Bonchev–Trinajstić information content (AvgIpc) is 2.37. The average molecular weight is 303 g/mol. The summed E-state index contributed by atoms with van der Waals surface area (Å²) in [6.07, 6.45) is 2.18.